The molecular formula is C25H32N2O2. The topological polar surface area (TPSA) is 49.4 Å². The summed E-state index contributed by atoms with van der Waals surface area (Å²) in [5.74, 6) is 0.373. The van der Waals surface area contributed by atoms with Crippen LogP contribution in [0.3, 0.4) is 0 Å². The average Bonchev–Trinajstić information content (AvgIpc) is 3.12. The van der Waals surface area contributed by atoms with E-state index < -0.39 is 0 Å². The molecule has 2 amide bonds. The first-order valence-corrected chi connectivity index (χ1v) is 11.2. The number of hydrogen-bond donors (Lipinski definition) is 1. The largest absolute Gasteiger partial charge is 0.350 e. The molecule has 0 spiro atoms. The predicted octanol–water partition coefficient (Wildman–Crippen LogP) is 4.60. The maximum atomic E-state index is 13.0. The Bertz CT molecular complexity index is 893. The van der Waals surface area contributed by atoms with Crippen molar-refractivity contribution < 1.29 is 9.59 Å². The number of fused-ring (bicyclic) bond motifs is 1. The Morgan fingerprint density at radius 3 is 2.76 bits per heavy atom. The average molecular weight is 393 g/mol. The van der Waals surface area contributed by atoms with Crippen molar-refractivity contribution in [2.75, 3.05) is 6.54 Å². The number of benzene rings is 2. The van der Waals surface area contributed by atoms with E-state index in [0.717, 1.165) is 45.1 Å². The van der Waals surface area contributed by atoms with Crippen molar-refractivity contribution in [3.8, 4) is 0 Å². The van der Waals surface area contributed by atoms with Crippen LogP contribution in [0.1, 0.15) is 63.9 Å². The zero-order valence-corrected chi connectivity index (χ0v) is 17.5. The second-order valence-corrected chi connectivity index (χ2v) is 8.83. The van der Waals surface area contributed by atoms with Gasteiger partial charge in [0.05, 0.1) is 0 Å². The van der Waals surface area contributed by atoms with Crippen molar-refractivity contribution in [3.63, 3.8) is 0 Å². The number of carbonyl (C=O) groups is 2. The quantitative estimate of drug-likeness (QED) is 0.781. The summed E-state index contributed by atoms with van der Waals surface area (Å²) < 4.78 is 0. The molecule has 2 aromatic carbocycles. The zero-order valence-electron chi connectivity index (χ0n) is 17.5. The molecule has 2 fully saturated rings. The van der Waals surface area contributed by atoms with Crippen LogP contribution < -0.4 is 5.32 Å². The molecule has 0 aliphatic carbocycles. The minimum Gasteiger partial charge on any atom is -0.350 e. The maximum Gasteiger partial charge on any atom is 0.222 e. The number of amides is 2. The number of rotatable bonds is 6. The summed E-state index contributed by atoms with van der Waals surface area (Å²) in [6, 6.07) is 15.3. The molecule has 0 aromatic heterocycles. The molecule has 0 radical (unpaired) electrons. The highest BCUT2D eigenvalue weighted by atomic mass is 16.2. The first-order chi connectivity index (χ1) is 14.1. The summed E-state index contributed by atoms with van der Waals surface area (Å²) in [6.45, 7) is 3.07. The van der Waals surface area contributed by atoms with Crippen LogP contribution in [0.5, 0.6) is 0 Å². The van der Waals surface area contributed by atoms with Gasteiger partial charge in [0.15, 0.2) is 0 Å². The molecule has 2 heterocycles. The lowest BCUT2D eigenvalue weighted by Gasteiger charge is -2.36. The Kier molecular flexibility index (Phi) is 5.89. The fraction of sp³-hybridized carbons (Fsp3) is 0.520. The molecule has 0 bridgehead atoms. The third-order valence-electron chi connectivity index (χ3n) is 6.83. The Balaban J connectivity index is 1.47. The smallest absolute Gasteiger partial charge is 0.222 e. The van der Waals surface area contributed by atoms with Crippen LogP contribution in [-0.4, -0.2) is 34.8 Å². The van der Waals surface area contributed by atoms with Crippen LogP contribution in [0.25, 0.3) is 10.8 Å². The first kappa shape index (κ1) is 19.9. The molecule has 2 aliphatic rings. The molecule has 1 N–H and O–H groups in total. The van der Waals surface area contributed by atoms with Crippen LogP contribution in [-0.2, 0) is 16.0 Å². The molecule has 4 nitrogen and oxygen atoms in total. The van der Waals surface area contributed by atoms with Gasteiger partial charge in [0.2, 0.25) is 11.8 Å². The summed E-state index contributed by atoms with van der Waals surface area (Å²) in [4.78, 5) is 27.2. The molecule has 4 heteroatoms. The molecular weight excluding hydrogens is 360 g/mol. The van der Waals surface area contributed by atoms with Crippen LogP contribution in [0.2, 0.25) is 0 Å². The molecule has 4 rings (SSSR count). The third-order valence-corrected chi connectivity index (χ3v) is 6.83. The molecule has 0 unspecified atom stereocenters. The third kappa shape index (κ3) is 4.47. The van der Waals surface area contributed by atoms with Gasteiger partial charge in [0, 0.05) is 31.0 Å². The van der Waals surface area contributed by atoms with Gasteiger partial charge in [-0.15, -0.1) is 0 Å². The minimum atomic E-state index is -0.299. The van der Waals surface area contributed by atoms with Crippen molar-refractivity contribution in [1.29, 1.82) is 0 Å². The van der Waals surface area contributed by atoms with Crippen molar-refractivity contribution in [2.24, 2.45) is 0 Å². The van der Waals surface area contributed by atoms with Gasteiger partial charge in [0.25, 0.3) is 0 Å². The van der Waals surface area contributed by atoms with Gasteiger partial charge in [-0.1, -0.05) is 49.4 Å². The Morgan fingerprint density at radius 1 is 1.17 bits per heavy atom. The second-order valence-electron chi connectivity index (χ2n) is 8.83. The Morgan fingerprint density at radius 2 is 2.00 bits per heavy atom. The fourth-order valence-electron chi connectivity index (χ4n) is 5.16. The van der Waals surface area contributed by atoms with Gasteiger partial charge in [-0.05, 0) is 61.3 Å². The standard InChI is InChI=1S/C25H32N2O2/c1-2-22-9-5-6-16-27(22)24(29)13-15-25(14-12-23(28)26-25)18-19-10-11-20-7-3-4-8-21(20)17-19/h3-4,7-8,10-11,17,22H,2,5-6,9,12-16,18H2,1H3,(H,26,28)/t22-,25-/m1/s1. The molecule has 154 valence electrons. The molecule has 2 saturated heterocycles. The predicted molar refractivity (Wildman–Crippen MR) is 117 cm³/mol. The minimum absolute atomic E-state index is 0.114. The number of piperidine rings is 1. The van der Waals surface area contributed by atoms with Gasteiger partial charge >= 0.3 is 0 Å². The highest BCUT2D eigenvalue weighted by Crippen LogP contribution is 2.31. The summed E-state index contributed by atoms with van der Waals surface area (Å²) in [7, 11) is 0. The summed E-state index contributed by atoms with van der Waals surface area (Å²) in [5, 5.41) is 5.69. The highest BCUT2D eigenvalue weighted by Gasteiger charge is 2.38. The van der Waals surface area contributed by atoms with Gasteiger partial charge in [0.1, 0.15) is 0 Å². The van der Waals surface area contributed by atoms with Gasteiger partial charge in [-0.3, -0.25) is 9.59 Å². The van der Waals surface area contributed by atoms with E-state index in [0.29, 0.717) is 18.9 Å². The van der Waals surface area contributed by atoms with Crippen molar-refractivity contribution >= 4 is 22.6 Å². The zero-order chi connectivity index (χ0) is 20.3. The lowest BCUT2D eigenvalue weighted by atomic mass is 9.84. The van der Waals surface area contributed by atoms with Crippen molar-refractivity contribution in [2.45, 2.75) is 76.3 Å². The van der Waals surface area contributed by atoms with Crippen LogP contribution >= 0.6 is 0 Å². The summed E-state index contributed by atoms with van der Waals surface area (Å²) in [6.07, 6.45) is 7.89. The first-order valence-electron chi connectivity index (χ1n) is 11.2. The number of hydrogen-bond acceptors (Lipinski definition) is 2. The molecule has 2 aromatic rings. The number of carbonyl (C=O) groups excluding carboxylic acids is 2. The SMILES string of the molecule is CC[C@@H]1CCCCN1C(=O)CC[C@@]1(Cc2ccc3ccccc3c2)CCC(=O)N1. The molecule has 0 saturated carbocycles. The van der Waals surface area contributed by atoms with Crippen LogP contribution in [0.15, 0.2) is 42.5 Å². The van der Waals surface area contributed by atoms with Crippen molar-refractivity contribution in [3.05, 3.63) is 48.0 Å². The van der Waals surface area contributed by atoms with E-state index in [2.05, 4.69) is 59.6 Å². The van der Waals surface area contributed by atoms with Crippen LogP contribution in [0, 0.1) is 0 Å². The van der Waals surface area contributed by atoms with E-state index in [4.69, 9.17) is 0 Å². The fourth-order valence-corrected chi connectivity index (χ4v) is 5.16. The monoisotopic (exact) mass is 392 g/mol. The summed E-state index contributed by atoms with van der Waals surface area (Å²) in [5.41, 5.74) is 0.926. The van der Waals surface area contributed by atoms with Crippen molar-refractivity contribution in [1.82, 2.24) is 10.2 Å². The Hall–Kier alpha value is -2.36. The van der Waals surface area contributed by atoms with E-state index in [1.807, 2.05) is 0 Å². The second kappa shape index (κ2) is 8.56. The molecule has 2 aliphatic heterocycles. The Labute approximate surface area is 173 Å². The van der Waals surface area contributed by atoms with Gasteiger partial charge in [-0.25, -0.2) is 0 Å². The lowest BCUT2D eigenvalue weighted by molar-refractivity contribution is -0.135. The van der Waals surface area contributed by atoms with E-state index >= 15 is 0 Å². The highest BCUT2D eigenvalue weighted by molar-refractivity contribution is 5.83. The van der Waals surface area contributed by atoms with Crippen LogP contribution in [0.4, 0.5) is 0 Å². The molecule has 2 atom stereocenters. The lowest BCUT2D eigenvalue weighted by Crippen LogP contribution is -2.47. The number of nitrogens with zero attached hydrogens (tertiary/aromatic N) is 1. The van der Waals surface area contributed by atoms with E-state index in [-0.39, 0.29) is 17.4 Å². The number of nitrogens with one attached hydrogen (secondary N) is 1. The molecule has 29 heavy (non-hydrogen) atoms. The normalized spacial score (nSPS) is 24.7. The number of likely N-dealkylation sites (tertiary alicyclic amines) is 1. The van der Waals surface area contributed by atoms with Gasteiger partial charge in [-0.2, -0.15) is 0 Å². The van der Waals surface area contributed by atoms with E-state index in [1.54, 1.807) is 0 Å². The van der Waals surface area contributed by atoms with E-state index in [1.165, 1.54) is 22.8 Å². The van der Waals surface area contributed by atoms with E-state index in [9.17, 15) is 9.59 Å². The maximum absolute atomic E-state index is 13.0. The summed E-state index contributed by atoms with van der Waals surface area (Å²) >= 11 is 0. The van der Waals surface area contributed by atoms with Gasteiger partial charge < -0.3 is 10.2 Å².